The lowest BCUT2D eigenvalue weighted by Gasteiger charge is -2.21. The molecule has 1 aromatic rings. The van der Waals surface area contributed by atoms with Crippen LogP contribution in [-0.2, 0) is 15.3 Å². The first kappa shape index (κ1) is 12.0. The molecule has 1 aliphatic heterocycles. The second kappa shape index (κ2) is 5.23. The van der Waals surface area contributed by atoms with E-state index in [-0.39, 0.29) is 18.4 Å². The molecule has 0 saturated heterocycles. The number of rotatable bonds is 2. The van der Waals surface area contributed by atoms with E-state index in [2.05, 4.69) is 5.32 Å². The number of fused-ring (bicyclic) bond motifs is 1. The van der Waals surface area contributed by atoms with Crippen LogP contribution in [0.25, 0.3) is 0 Å². The average Bonchev–Trinajstić information content (AvgIpc) is 2.50. The second-order valence-electron chi connectivity index (χ2n) is 3.77. The quantitative estimate of drug-likeness (QED) is 0.852. The minimum atomic E-state index is -0.153. The van der Waals surface area contributed by atoms with Crippen LogP contribution in [0.2, 0.25) is 0 Å². The molecule has 0 saturated carbocycles. The van der Waals surface area contributed by atoms with Crippen molar-refractivity contribution in [3.05, 3.63) is 29.8 Å². The number of thioether (sulfide) groups is 1. The van der Waals surface area contributed by atoms with Gasteiger partial charge in [0, 0.05) is 18.5 Å². The smallest absolute Gasteiger partial charge is 0.239 e. The normalized spacial score (nSPS) is 15.1. The summed E-state index contributed by atoms with van der Waals surface area (Å²) in [5, 5.41) is 2.54. The fourth-order valence-electron chi connectivity index (χ4n) is 1.75. The van der Waals surface area contributed by atoms with Gasteiger partial charge in [-0.3, -0.25) is 9.59 Å². The van der Waals surface area contributed by atoms with Gasteiger partial charge in [-0.2, -0.15) is 0 Å². The summed E-state index contributed by atoms with van der Waals surface area (Å²) >= 11 is 1.58. The molecule has 1 heterocycles. The molecular weight excluding hydrogens is 236 g/mol. The van der Waals surface area contributed by atoms with Crippen LogP contribution >= 0.6 is 11.8 Å². The van der Waals surface area contributed by atoms with Gasteiger partial charge in [-0.05, 0) is 11.6 Å². The Morgan fingerprint density at radius 1 is 1.41 bits per heavy atom. The van der Waals surface area contributed by atoms with Gasteiger partial charge < -0.3 is 10.2 Å². The molecule has 0 atom stereocenters. The molecule has 17 heavy (non-hydrogen) atoms. The minimum Gasteiger partial charge on any atom is -0.358 e. The van der Waals surface area contributed by atoms with Gasteiger partial charge in [-0.1, -0.05) is 18.2 Å². The Kier molecular flexibility index (Phi) is 3.68. The SMILES string of the molecule is CNC(=O)CN1C(=O)CSCc2ccccc21. The summed E-state index contributed by atoms with van der Waals surface area (Å²) in [5.41, 5.74) is 1.96. The molecule has 0 bridgehead atoms. The number of likely N-dealkylation sites (N-methyl/N-ethyl adjacent to an activating group) is 1. The minimum absolute atomic E-state index is 0.0106. The highest BCUT2D eigenvalue weighted by molar-refractivity contribution is 7.99. The van der Waals surface area contributed by atoms with Crippen molar-refractivity contribution in [2.75, 3.05) is 24.2 Å². The Bertz CT molecular complexity index is 448. The van der Waals surface area contributed by atoms with Crippen LogP contribution in [-0.4, -0.2) is 31.2 Å². The van der Waals surface area contributed by atoms with Crippen molar-refractivity contribution in [1.29, 1.82) is 0 Å². The number of hydrogen-bond donors (Lipinski definition) is 1. The van der Waals surface area contributed by atoms with Gasteiger partial charge in [-0.25, -0.2) is 0 Å². The molecule has 0 aromatic heterocycles. The molecule has 90 valence electrons. The molecule has 5 heteroatoms. The molecule has 0 unspecified atom stereocenters. The maximum absolute atomic E-state index is 12.0. The van der Waals surface area contributed by atoms with E-state index in [0.29, 0.717) is 5.75 Å². The van der Waals surface area contributed by atoms with Crippen molar-refractivity contribution in [3.8, 4) is 0 Å². The molecule has 2 amide bonds. The molecule has 0 radical (unpaired) electrons. The third kappa shape index (κ3) is 2.61. The van der Waals surface area contributed by atoms with Crippen LogP contribution in [0, 0.1) is 0 Å². The van der Waals surface area contributed by atoms with Crippen LogP contribution in [0.4, 0.5) is 5.69 Å². The third-order valence-electron chi connectivity index (χ3n) is 2.65. The Morgan fingerprint density at radius 3 is 2.94 bits per heavy atom. The van der Waals surface area contributed by atoms with Crippen molar-refractivity contribution < 1.29 is 9.59 Å². The zero-order valence-electron chi connectivity index (χ0n) is 9.60. The maximum atomic E-state index is 12.0. The van der Waals surface area contributed by atoms with Crippen molar-refractivity contribution in [2.24, 2.45) is 0 Å². The van der Waals surface area contributed by atoms with Crippen molar-refractivity contribution in [3.63, 3.8) is 0 Å². The van der Waals surface area contributed by atoms with E-state index in [1.165, 1.54) is 0 Å². The molecule has 0 spiro atoms. The number of nitrogens with zero attached hydrogens (tertiary/aromatic N) is 1. The monoisotopic (exact) mass is 250 g/mol. The fraction of sp³-hybridized carbons (Fsp3) is 0.333. The van der Waals surface area contributed by atoms with E-state index in [0.717, 1.165) is 17.0 Å². The number of hydrogen-bond acceptors (Lipinski definition) is 3. The lowest BCUT2D eigenvalue weighted by molar-refractivity contribution is -0.122. The van der Waals surface area contributed by atoms with Gasteiger partial charge in [0.2, 0.25) is 11.8 Å². The van der Waals surface area contributed by atoms with Crippen molar-refractivity contribution in [1.82, 2.24) is 5.32 Å². The summed E-state index contributed by atoms with van der Waals surface area (Å²) in [6.07, 6.45) is 0. The fourth-order valence-corrected chi connectivity index (χ4v) is 2.65. The standard InChI is InChI=1S/C12H14N2O2S/c1-13-11(15)6-14-10-5-3-2-4-9(10)7-17-8-12(14)16/h2-5H,6-8H2,1H3,(H,13,15). The number of anilines is 1. The molecule has 0 fully saturated rings. The molecule has 0 aliphatic carbocycles. The molecule has 1 N–H and O–H groups in total. The lowest BCUT2D eigenvalue weighted by atomic mass is 10.2. The van der Waals surface area contributed by atoms with Gasteiger partial charge in [0.15, 0.2) is 0 Å². The second-order valence-corrected chi connectivity index (χ2v) is 4.76. The first-order valence-electron chi connectivity index (χ1n) is 5.39. The van der Waals surface area contributed by atoms with Crippen LogP contribution in [0.15, 0.2) is 24.3 Å². The molecule has 1 aromatic carbocycles. The van der Waals surface area contributed by atoms with Crippen molar-refractivity contribution in [2.45, 2.75) is 5.75 Å². The van der Waals surface area contributed by atoms with Crippen LogP contribution in [0.3, 0.4) is 0 Å². The Hall–Kier alpha value is -1.49. The highest BCUT2D eigenvalue weighted by Crippen LogP contribution is 2.28. The summed E-state index contributed by atoms with van der Waals surface area (Å²) in [6.45, 7) is 0.0902. The lowest BCUT2D eigenvalue weighted by Crippen LogP contribution is -2.40. The highest BCUT2D eigenvalue weighted by Gasteiger charge is 2.23. The van der Waals surface area contributed by atoms with E-state index in [1.54, 1.807) is 23.7 Å². The van der Waals surface area contributed by atoms with Gasteiger partial charge >= 0.3 is 0 Å². The van der Waals surface area contributed by atoms with Gasteiger partial charge in [-0.15, -0.1) is 11.8 Å². The van der Waals surface area contributed by atoms with Crippen LogP contribution < -0.4 is 10.2 Å². The van der Waals surface area contributed by atoms with E-state index in [4.69, 9.17) is 0 Å². The summed E-state index contributed by atoms with van der Waals surface area (Å²) in [6, 6.07) is 7.73. The summed E-state index contributed by atoms with van der Waals surface area (Å²) in [5.74, 6) is 1.07. The first-order chi connectivity index (χ1) is 8.22. The zero-order valence-corrected chi connectivity index (χ0v) is 10.4. The average molecular weight is 250 g/mol. The molecule has 2 rings (SSSR count). The number of carbonyl (C=O) groups excluding carboxylic acids is 2. The number of nitrogens with one attached hydrogen (secondary N) is 1. The van der Waals surface area contributed by atoms with E-state index in [9.17, 15) is 9.59 Å². The van der Waals surface area contributed by atoms with E-state index < -0.39 is 0 Å². The number of para-hydroxylation sites is 1. The predicted molar refractivity (Wildman–Crippen MR) is 69.0 cm³/mol. The Morgan fingerprint density at radius 2 is 2.18 bits per heavy atom. The summed E-state index contributed by atoms with van der Waals surface area (Å²) < 4.78 is 0. The molecule has 4 nitrogen and oxygen atoms in total. The highest BCUT2D eigenvalue weighted by atomic mass is 32.2. The van der Waals surface area contributed by atoms with Crippen LogP contribution in [0.1, 0.15) is 5.56 Å². The number of benzene rings is 1. The zero-order chi connectivity index (χ0) is 12.3. The Labute approximate surface area is 104 Å². The van der Waals surface area contributed by atoms with E-state index in [1.807, 2.05) is 24.3 Å². The first-order valence-corrected chi connectivity index (χ1v) is 6.54. The van der Waals surface area contributed by atoms with Gasteiger partial charge in [0.25, 0.3) is 0 Å². The topological polar surface area (TPSA) is 49.4 Å². The predicted octanol–water partition coefficient (Wildman–Crippen LogP) is 1.01. The maximum Gasteiger partial charge on any atom is 0.239 e. The van der Waals surface area contributed by atoms with Gasteiger partial charge in [0.1, 0.15) is 6.54 Å². The van der Waals surface area contributed by atoms with Crippen LogP contribution in [0.5, 0.6) is 0 Å². The molecular formula is C12H14N2O2S. The number of carbonyl (C=O) groups is 2. The van der Waals surface area contributed by atoms with Gasteiger partial charge in [0.05, 0.1) is 5.75 Å². The van der Waals surface area contributed by atoms with Crippen molar-refractivity contribution >= 4 is 29.3 Å². The summed E-state index contributed by atoms with van der Waals surface area (Å²) in [7, 11) is 1.57. The third-order valence-corrected chi connectivity index (χ3v) is 3.61. The van der Waals surface area contributed by atoms with E-state index >= 15 is 0 Å². The molecule has 1 aliphatic rings. The Balaban J connectivity index is 2.33. The largest absolute Gasteiger partial charge is 0.358 e. The summed E-state index contributed by atoms with van der Waals surface area (Å²) in [4.78, 5) is 25.0. The number of amides is 2.